The second-order valence-electron chi connectivity index (χ2n) is 10.3. The second kappa shape index (κ2) is 8.56. The Morgan fingerprint density at radius 3 is 2.24 bits per heavy atom. The van der Waals surface area contributed by atoms with Crippen molar-refractivity contribution in [1.29, 1.82) is 0 Å². The zero-order valence-electron chi connectivity index (χ0n) is 20.6. The predicted molar refractivity (Wildman–Crippen MR) is 165 cm³/mol. The Labute approximate surface area is 230 Å². The molecule has 180 valence electrons. The van der Waals surface area contributed by atoms with Gasteiger partial charge in [0.15, 0.2) is 0 Å². The lowest BCUT2D eigenvalue weighted by atomic mass is 9.74. The van der Waals surface area contributed by atoms with Crippen molar-refractivity contribution in [3.05, 3.63) is 143 Å². The first-order valence-electron chi connectivity index (χ1n) is 13.0. The maximum absolute atomic E-state index is 6.53. The van der Waals surface area contributed by atoms with E-state index in [0.717, 1.165) is 11.4 Å². The molecule has 0 saturated carbocycles. The van der Waals surface area contributed by atoms with Crippen molar-refractivity contribution in [2.24, 2.45) is 0 Å². The topological polar surface area (TPSA) is 0 Å². The highest BCUT2D eigenvalue weighted by Gasteiger charge is 2.27. The van der Waals surface area contributed by atoms with E-state index in [1.807, 2.05) is 12.1 Å². The van der Waals surface area contributed by atoms with Gasteiger partial charge in [-0.2, -0.15) is 0 Å². The summed E-state index contributed by atoms with van der Waals surface area (Å²) in [6, 6.07) is 44.6. The highest BCUT2D eigenvalue weighted by atomic mass is 35.5. The number of rotatable bonds is 2. The average molecular weight is 523 g/mol. The third-order valence-corrected chi connectivity index (χ3v) is 9.73. The molecular weight excluding hydrogens is 500 g/mol. The monoisotopic (exact) mass is 522 g/mol. The Kier molecular flexibility index (Phi) is 4.98. The van der Waals surface area contributed by atoms with Gasteiger partial charge in [0.25, 0.3) is 0 Å². The van der Waals surface area contributed by atoms with Crippen molar-refractivity contribution >= 4 is 53.9 Å². The molecule has 0 amide bonds. The molecule has 2 heteroatoms. The lowest BCUT2D eigenvalue weighted by molar-refractivity contribution is 0.795. The van der Waals surface area contributed by atoms with Gasteiger partial charge in [-0.05, 0) is 80.4 Å². The third kappa shape index (κ3) is 3.43. The van der Waals surface area contributed by atoms with Crippen molar-refractivity contribution in [2.75, 3.05) is 0 Å². The van der Waals surface area contributed by atoms with Crippen LogP contribution in [0.25, 0.3) is 53.2 Å². The van der Waals surface area contributed by atoms with Crippen molar-refractivity contribution in [1.82, 2.24) is 0 Å². The molecule has 1 atom stereocenters. The Morgan fingerprint density at radius 1 is 0.605 bits per heavy atom. The SMILES string of the molecule is Clc1cccc2c1sc1cc(-c3ccc4c(c3)C(c3ccccc3)Cc3cc5ccccc5cc3-4)ccc12. The standard InChI is InChI=1S/C36H23ClS/c37-34-12-6-11-30-29-16-14-26(21-35(29)38-36(30)34)25-13-15-28-32-18-24-10-5-4-9-23(24)17-27(32)20-31(33(28)19-25)22-7-2-1-3-8-22/h1-19,21,31H,20H2. The van der Waals surface area contributed by atoms with E-state index < -0.39 is 0 Å². The Balaban J connectivity index is 1.32. The van der Waals surface area contributed by atoms with E-state index in [9.17, 15) is 0 Å². The molecule has 7 aromatic rings. The first-order chi connectivity index (χ1) is 18.7. The highest BCUT2D eigenvalue weighted by Crippen LogP contribution is 2.46. The molecule has 1 unspecified atom stereocenters. The molecule has 0 spiro atoms. The molecule has 1 aliphatic carbocycles. The van der Waals surface area contributed by atoms with Crippen LogP contribution >= 0.6 is 22.9 Å². The van der Waals surface area contributed by atoms with E-state index in [2.05, 4.69) is 109 Å². The van der Waals surface area contributed by atoms with E-state index in [4.69, 9.17) is 11.6 Å². The molecule has 0 nitrogen and oxygen atoms in total. The van der Waals surface area contributed by atoms with Gasteiger partial charge in [-0.3, -0.25) is 0 Å². The van der Waals surface area contributed by atoms with Gasteiger partial charge in [-0.15, -0.1) is 11.3 Å². The summed E-state index contributed by atoms with van der Waals surface area (Å²) < 4.78 is 2.44. The molecular formula is C36H23ClS. The molecule has 6 aromatic carbocycles. The van der Waals surface area contributed by atoms with Crippen LogP contribution in [0, 0.1) is 0 Å². The van der Waals surface area contributed by atoms with Crippen LogP contribution in [-0.2, 0) is 6.42 Å². The van der Waals surface area contributed by atoms with Crippen LogP contribution < -0.4 is 0 Å². The molecule has 8 rings (SSSR count). The van der Waals surface area contributed by atoms with Crippen LogP contribution in [-0.4, -0.2) is 0 Å². The van der Waals surface area contributed by atoms with E-state index in [1.165, 1.54) is 69.9 Å². The molecule has 0 radical (unpaired) electrons. The van der Waals surface area contributed by atoms with Crippen molar-refractivity contribution < 1.29 is 0 Å². The summed E-state index contributed by atoms with van der Waals surface area (Å²) in [4.78, 5) is 0. The average Bonchev–Trinajstić information content (AvgIpc) is 3.35. The fraction of sp³-hybridized carbons (Fsp3) is 0.0556. The molecule has 38 heavy (non-hydrogen) atoms. The van der Waals surface area contributed by atoms with Crippen molar-refractivity contribution in [3.63, 3.8) is 0 Å². The molecule has 0 aliphatic heterocycles. The summed E-state index contributed by atoms with van der Waals surface area (Å²) in [6.07, 6.45) is 1.01. The van der Waals surface area contributed by atoms with Gasteiger partial charge < -0.3 is 0 Å². The van der Waals surface area contributed by atoms with Crippen LogP contribution in [0.15, 0.2) is 121 Å². The smallest absolute Gasteiger partial charge is 0.0584 e. The number of halogens is 1. The van der Waals surface area contributed by atoms with Crippen LogP contribution in [0.3, 0.4) is 0 Å². The number of hydrogen-bond donors (Lipinski definition) is 0. The van der Waals surface area contributed by atoms with Crippen molar-refractivity contribution in [3.8, 4) is 22.3 Å². The van der Waals surface area contributed by atoms with Gasteiger partial charge in [0.05, 0.1) is 9.72 Å². The first-order valence-corrected chi connectivity index (χ1v) is 14.2. The normalized spacial score (nSPS) is 14.6. The van der Waals surface area contributed by atoms with Gasteiger partial charge in [0.2, 0.25) is 0 Å². The maximum Gasteiger partial charge on any atom is 0.0584 e. The zero-order chi connectivity index (χ0) is 25.2. The minimum Gasteiger partial charge on any atom is -0.134 e. The minimum atomic E-state index is 0.326. The zero-order valence-corrected chi connectivity index (χ0v) is 22.2. The fourth-order valence-corrected chi connectivity index (χ4v) is 7.68. The van der Waals surface area contributed by atoms with Gasteiger partial charge in [0, 0.05) is 21.4 Å². The predicted octanol–water partition coefficient (Wildman–Crippen LogP) is 10.9. The molecule has 0 saturated heterocycles. The van der Waals surface area contributed by atoms with Gasteiger partial charge in [-0.25, -0.2) is 0 Å². The highest BCUT2D eigenvalue weighted by molar-refractivity contribution is 7.26. The second-order valence-corrected chi connectivity index (χ2v) is 11.7. The van der Waals surface area contributed by atoms with Gasteiger partial charge >= 0.3 is 0 Å². The minimum absolute atomic E-state index is 0.326. The largest absolute Gasteiger partial charge is 0.134 e. The van der Waals surface area contributed by atoms with Gasteiger partial charge in [0.1, 0.15) is 0 Å². The lowest BCUT2D eigenvalue weighted by Gasteiger charge is -2.29. The number of thiophene rings is 1. The summed E-state index contributed by atoms with van der Waals surface area (Å²) in [5, 5.41) is 5.96. The fourth-order valence-electron chi connectivity index (χ4n) is 6.24. The third-order valence-electron chi connectivity index (χ3n) is 8.10. The lowest BCUT2D eigenvalue weighted by Crippen LogP contribution is -2.13. The van der Waals surface area contributed by atoms with Gasteiger partial charge in [-0.1, -0.05) is 109 Å². The van der Waals surface area contributed by atoms with E-state index in [0.29, 0.717) is 5.92 Å². The van der Waals surface area contributed by atoms with Crippen LogP contribution in [0.1, 0.15) is 22.6 Å². The maximum atomic E-state index is 6.53. The summed E-state index contributed by atoms with van der Waals surface area (Å²) in [6.45, 7) is 0. The van der Waals surface area contributed by atoms with Crippen LogP contribution in [0.4, 0.5) is 0 Å². The number of hydrogen-bond acceptors (Lipinski definition) is 1. The Bertz CT molecular complexity index is 2020. The summed E-state index contributed by atoms with van der Waals surface area (Å²) in [7, 11) is 0. The first kappa shape index (κ1) is 22.1. The summed E-state index contributed by atoms with van der Waals surface area (Å²) >= 11 is 8.31. The number of benzene rings is 6. The van der Waals surface area contributed by atoms with E-state index >= 15 is 0 Å². The van der Waals surface area contributed by atoms with Crippen LogP contribution in [0.5, 0.6) is 0 Å². The van der Waals surface area contributed by atoms with Crippen molar-refractivity contribution in [2.45, 2.75) is 12.3 Å². The summed E-state index contributed by atoms with van der Waals surface area (Å²) in [5.74, 6) is 0.326. The van der Waals surface area contributed by atoms with E-state index in [1.54, 1.807) is 11.3 Å². The molecule has 0 fully saturated rings. The molecule has 0 bridgehead atoms. The summed E-state index contributed by atoms with van der Waals surface area (Å²) in [5.41, 5.74) is 9.45. The quantitative estimate of drug-likeness (QED) is 0.212. The molecule has 0 N–H and O–H groups in total. The molecule has 1 aromatic heterocycles. The molecule has 1 heterocycles. The van der Waals surface area contributed by atoms with E-state index in [-0.39, 0.29) is 0 Å². The van der Waals surface area contributed by atoms with Crippen LogP contribution in [0.2, 0.25) is 5.02 Å². The Morgan fingerprint density at radius 2 is 1.37 bits per heavy atom. The molecule has 1 aliphatic rings. The number of fused-ring (bicyclic) bond motifs is 7. The Hall–Kier alpha value is -3.91.